The Balaban J connectivity index is 2.37. The van der Waals surface area contributed by atoms with Crippen LogP contribution in [-0.2, 0) is 6.42 Å². The predicted molar refractivity (Wildman–Crippen MR) is 68.2 cm³/mol. The van der Waals surface area contributed by atoms with Gasteiger partial charge in [0.05, 0.1) is 13.7 Å². The molecule has 0 amide bonds. The third kappa shape index (κ3) is 2.18. The fourth-order valence-corrected chi connectivity index (χ4v) is 2.37. The molecule has 18 heavy (non-hydrogen) atoms. The van der Waals surface area contributed by atoms with E-state index in [1.807, 2.05) is 26.0 Å². The van der Waals surface area contributed by atoms with Crippen LogP contribution >= 0.6 is 0 Å². The van der Waals surface area contributed by atoms with E-state index in [0.29, 0.717) is 6.42 Å². The SMILES string of the molecule is COc1cc(C)cc2c1CC[C@@](C)([C@H](O)CO)O2. The molecule has 4 nitrogen and oxygen atoms in total. The molecule has 2 N–H and O–H groups in total. The normalized spacial score (nSPS) is 24.1. The maximum Gasteiger partial charge on any atom is 0.135 e. The zero-order valence-electron chi connectivity index (χ0n) is 11.1. The maximum atomic E-state index is 9.86. The summed E-state index contributed by atoms with van der Waals surface area (Å²) in [7, 11) is 1.64. The minimum atomic E-state index is -0.878. The quantitative estimate of drug-likeness (QED) is 0.854. The lowest BCUT2D eigenvalue weighted by atomic mass is 9.87. The molecule has 1 aromatic rings. The number of benzene rings is 1. The van der Waals surface area contributed by atoms with Crippen molar-refractivity contribution in [3.05, 3.63) is 23.3 Å². The lowest BCUT2D eigenvalue weighted by Crippen LogP contribution is -2.49. The highest BCUT2D eigenvalue weighted by Gasteiger charge is 2.39. The van der Waals surface area contributed by atoms with Gasteiger partial charge in [0.1, 0.15) is 23.2 Å². The highest BCUT2D eigenvalue weighted by molar-refractivity contribution is 5.49. The highest BCUT2D eigenvalue weighted by Crippen LogP contribution is 2.40. The standard InChI is InChI=1S/C14H20O4/c1-9-6-11(17-3)10-4-5-14(2,13(16)8-15)18-12(10)7-9/h6-7,13,15-16H,4-5,8H2,1-3H3/t13-,14+/m1/s1. The van der Waals surface area contributed by atoms with E-state index in [9.17, 15) is 5.11 Å². The molecule has 0 radical (unpaired) electrons. The van der Waals surface area contributed by atoms with E-state index in [4.69, 9.17) is 14.6 Å². The summed E-state index contributed by atoms with van der Waals surface area (Å²) in [5.74, 6) is 1.57. The van der Waals surface area contributed by atoms with Gasteiger partial charge in [-0.1, -0.05) is 0 Å². The largest absolute Gasteiger partial charge is 0.496 e. The van der Waals surface area contributed by atoms with Crippen molar-refractivity contribution in [2.75, 3.05) is 13.7 Å². The van der Waals surface area contributed by atoms with Gasteiger partial charge in [-0.05, 0) is 44.4 Å². The van der Waals surface area contributed by atoms with Gasteiger partial charge in [0.15, 0.2) is 0 Å². The van der Waals surface area contributed by atoms with Crippen LogP contribution in [0.5, 0.6) is 11.5 Å². The van der Waals surface area contributed by atoms with Gasteiger partial charge in [0, 0.05) is 5.56 Å². The third-order valence-electron chi connectivity index (χ3n) is 3.62. The van der Waals surface area contributed by atoms with Crippen molar-refractivity contribution in [2.24, 2.45) is 0 Å². The van der Waals surface area contributed by atoms with E-state index in [1.165, 1.54) is 0 Å². The van der Waals surface area contributed by atoms with Crippen molar-refractivity contribution in [1.82, 2.24) is 0 Å². The van der Waals surface area contributed by atoms with Crippen LogP contribution in [0.4, 0.5) is 0 Å². The number of hydrogen-bond acceptors (Lipinski definition) is 4. The van der Waals surface area contributed by atoms with Crippen molar-refractivity contribution in [3.63, 3.8) is 0 Å². The van der Waals surface area contributed by atoms with E-state index in [1.54, 1.807) is 7.11 Å². The lowest BCUT2D eigenvalue weighted by molar-refractivity contribution is -0.0764. The lowest BCUT2D eigenvalue weighted by Gasteiger charge is -2.39. The van der Waals surface area contributed by atoms with Crippen LogP contribution in [0, 0.1) is 6.92 Å². The summed E-state index contributed by atoms with van der Waals surface area (Å²) in [6.07, 6.45) is 0.546. The smallest absolute Gasteiger partial charge is 0.135 e. The molecule has 0 fully saturated rings. The van der Waals surface area contributed by atoms with Gasteiger partial charge in [0.25, 0.3) is 0 Å². The Morgan fingerprint density at radius 3 is 2.83 bits per heavy atom. The average Bonchev–Trinajstić information content (AvgIpc) is 2.36. The summed E-state index contributed by atoms with van der Waals surface area (Å²) in [6, 6.07) is 3.92. The fraction of sp³-hybridized carbons (Fsp3) is 0.571. The third-order valence-corrected chi connectivity index (χ3v) is 3.62. The molecule has 0 spiro atoms. The van der Waals surface area contributed by atoms with Gasteiger partial charge in [-0.25, -0.2) is 0 Å². The predicted octanol–water partition coefficient (Wildman–Crippen LogP) is 1.44. The summed E-state index contributed by atoms with van der Waals surface area (Å²) >= 11 is 0. The molecule has 2 atom stereocenters. The first-order valence-electron chi connectivity index (χ1n) is 6.15. The molecule has 100 valence electrons. The summed E-state index contributed by atoms with van der Waals surface area (Å²) in [4.78, 5) is 0. The van der Waals surface area contributed by atoms with Crippen molar-refractivity contribution in [3.8, 4) is 11.5 Å². The van der Waals surface area contributed by atoms with Crippen molar-refractivity contribution >= 4 is 0 Å². The molecule has 0 bridgehead atoms. The van der Waals surface area contributed by atoms with Crippen LogP contribution in [0.1, 0.15) is 24.5 Å². The van der Waals surface area contributed by atoms with Crippen molar-refractivity contribution < 1.29 is 19.7 Å². The number of hydrogen-bond donors (Lipinski definition) is 2. The first-order chi connectivity index (χ1) is 8.50. The molecule has 1 heterocycles. The monoisotopic (exact) mass is 252 g/mol. The molecule has 4 heteroatoms. The molecule has 0 saturated carbocycles. The summed E-state index contributed by atoms with van der Waals surface area (Å²) in [5, 5.41) is 19.0. The maximum absolute atomic E-state index is 9.86. The number of aliphatic hydroxyl groups is 2. The second-order valence-electron chi connectivity index (χ2n) is 5.06. The van der Waals surface area contributed by atoms with Gasteiger partial charge < -0.3 is 19.7 Å². The van der Waals surface area contributed by atoms with Gasteiger partial charge in [-0.3, -0.25) is 0 Å². The van der Waals surface area contributed by atoms with E-state index in [-0.39, 0.29) is 6.61 Å². The Kier molecular flexibility index (Phi) is 3.50. The van der Waals surface area contributed by atoms with E-state index in [2.05, 4.69) is 0 Å². The van der Waals surface area contributed by atoms with Gasteiger partial charge in [-0.2, -0.15) is 0 Å². The molecular weight excluding hydrogens is 232 g/mol. The molecule has 0 unspecified atom stereocenters. The van der Waals surface area contributed by atoms with Crippen LogP contribution in [0.2, 0.25) is 0 Å². The van der Waals surface area contributed by atoms with Crippen LogP contribution in [-0.4, -0.2) is 35.6 Å². The molecule has 1 aromatic carbocycles. The number of aryl methyl sites for hydroxylation is 1. The van der Waals surface area contributed by atoms with E-state index >= 15 is 0 Å². The minimum absolute atomic E-state index is 0.297. The number of fused-ring (bicyclic) bond motifs is 1. The second kappa shape index (κ2) is 4.78. The Bertz CT molecular complexity index is 444. The molecule has 0 saturated heterocycles. The first kappa shape index (κ1) is 13.2. The Labute approximate surface area is 107 Å². The van der Waals surface area contributed by atoms with E-state index < -0.39 is 11.7 Å². The molecule has 2 rings (SSSR count). The Morgan fingerprint density at radius 2 is 2.22 bits per heavy atom. The van der Waals surface area contributed by atoms with Crippen molar-refractivity contribution in [2.45, 2.75) is 38.4 Å². The molecule has 0 aromatic heterocycles. The van der Waals surface area contributed by atoms with Crippen LogP contribution in [0.25, 0.3) is 0 Å². The molecule has 1 aliphatic heterocycles. The molecular formula is C14H20O4. The summed E-state index contributed by atoms with van der Waals surface area (Å²) < 4.78 is 11.3. The molecule has 1 aliphatic rings. The second-order valence-corrected chi connectivity index (χ2v) is 5.06. The zero-order valence-corrected chi connectivity index (χ0v) is 11.1. The number of ether oxygens (including phenoxy) is 2. The van der Waals surface area contributed by atoms with Gasteiger partial charge in [0.2, 0.25) is 0 Å². The minimum Gasteiger partial charge on any atom is -0.496 e. The number of aliphatic hydroxyl groups excluding tert-OH is 2. The van der Waals surface area contributed by atoms with Gasteiger partial charge >= 0.3 is 0 Å². The highest BCUT2D eigenvalue weighted by atomic mass is 16.5. The number of rotatable bonds is 3. The Morgan fingerprint density at radius 1 is 1.50 bits per heavy atom. The fourth-order valence-electron chi connectivity index (χ4n) is 2.37. The first-order valence-corrected chi connectivity index (χ1v) is 6.15. The van der Waals surface area contributed by atoms with Crippen LogP contribution in [0.15, 0.2) is 12.1 Å². The van der Waals surface area contributed by atoms with E-state index in [0.717, 1.165) is 29.0 Å². The van der Waals surface area contributed by atoms with Crippen LogP contribution < -0.4 is 9.47 Å². The summed E-state index contributed by atoms with van der Waals surface area (Å²) in [6.45, 7) is 3.50. The zero-order chi connectivity index (χ0) is 13.3. The van der Waals surface area contributed by atoms with Crippen molar-refractivity contribution in [1.29, 1.82) is 0 Å². The Hall–Kier alpha value is -1.26. The topological polar surface area (TPSA) is 58.9 Å². The number of methoxy groups -OCH3 is 1. The summed E-state index contributed by atoms with van der Waals surface area (Å²) in [5.41, 5.74) is 1.35. The van der Waals surface area contributed by atoms with Gasteiger partial charge in [-0.15, -0.1) is 0 Å². The van der Waals surface area contributed by atoms with Crippen LogP contribution in [0.3, 0.4) is 0 Å². The average molecular weight is 252 g/mol. The molecule has 0 aliphatic carbocycles.